The average molecular weight is 459 g/mol. The lowest BCUT2D eigenvalue weighted by Crippen LogP contribution is -2.25. The molecule has 5 heteroatoms. The third kappa shape index (κ3) is 8.45. The first-order chi connectivity index (χ1) is 16.0. The highest BCUT2D eigenvalue weighted by Gasteiger charge is 2.27. The molecule has 2 aromatic rings. The summed E-state index contributed by atoms with van der Waals surface area (Å²) in [5.74, 6) is 1.29. The van der Waals surface area contributed by atoms with Crippen molar-refractivity contribution in [3.05, 3.63) is 48.5 Å². The van der Waals surface area contributed by atoms with E-state index in [1.807, 2.05) is 12.1 Å². The van der Waals surface area contributed by atoms with Crippen LogP contribution in [-0.2, 0) is 4.79 Å². The smallest absolute Gasteiger partial charge is 0.387 e. The molecule has 0 amide bonds. The van der Waals surface area contributed by atoms with Crippen LogP contribution in [0.5, 0.6) is 11.5 Å². The number of carbonyl (C=O) groups excluding carboxylic acids is 1. The lowest BCUT2D eigenvalue weighted by Gasteiger charge is -2.27. The van der Waals surface area contributed by atoms with Crippen LogP contribution in [0.25, 0.3) is 11.1 Å². The molecule has 0 bridgehead atoms. The van der Waals surface area contributed by atoms with Gasteiger partial charge in [-0.15, -0.1) is 0 Å². The number of benzene rings is 2. The van der Waals surface area contributed by atoms with Crippen LogP contribution in [0.3, 0.4) is 0 Å². The van der Waals surface area contributed by atoms with Gasteiger partial charge in [0.25, 0.3) is 0 Å². The van der Waals surface area contributed by atoms with Crippen molar-refractivity contribution in [1.82, 2.24) is 0 Å². The zero-order valence-corrected chi connectivity index (χ0v) is 19.6. The van der Waals surface area contributed by atoms with Gasteiger partial charge in [0, 0.05) is 0 Å². The van der Waals surface area contributed by atoms with E-state index in [1.165, 1.54) is 57.1 Å². The van der Waals surface area contributed by atoms with Crippen molar-refractivity contribution >= 4 is 5.97 Å². The van der Waals surface area contributed by atoms with Crippen molar-refractivity contribution in [3.63, 3.8) is 0 Å². The van der Waals surface area contributed by atoms with E-state index in [-0.39, 0.29) is 17.6 Å². The van der Waals surface area contributed by atoms with Crippen LogP contribution in [-0.4, -0.2) is 12.6 Å². The Morgan fingerprint density at radius 2 is 1.36 bits per heavy atom. The Morgan fingerprint density at radius 1 is 0.818 bits per heavy atom. The standard InChI is InChI=1S/C28H36F2O3/c1-2-3-4-5-6-7-8-21-9-11-24(12-10-21)27(31)32-25-17-13-22(14-18-25)23-15-19-26(20-16-23)33-28(29)30/h13-21,24,28H,2-12H2,1H3. The Balaban J connectivity index is 1.40. The molecule has 0 spiro atoms. The number of carbonyl (C=O) groups is 1. The molecule has 0 saturated heterocycles. The summed E-state index contributed by atoms with van der Waals surface area (Å²) in [6, 6.07) is 13.8. The number of alkyl halides is 2. The monoisotopic (exact) mass is 458 g/mol. The van der Waals surface area contributed by atoms with Gasteiger partial charge >= 0.3 is 12.6 Å². The SMILES string of the molecule is CCCCCCCCC1CCC(C(=O)Oc2ccc(-c3ccc(OC(F)F)cc3)cc2)CC1. The number of ether oxygens (including phenoxy) is 2. The molecular weight excluding hydrogens is 422 g/mol. The lowest BCUT2D eigenvalue weighted by molar-refractivity contribution is -0.140. The van der Waals surface area contributed by atoms with Gasteiger partial charge in [-0.05, 0) is 67.0 Å². The fourth-order valence-corrected chi connectivity index (χ4v) is 4.64. The number of hydrogen-bond donors (Lipinski definition) is 0. The zero-order chi connectivity index (χ0) is 23.5. The number of esters is 1. The van der Waals surface area contributed by atoms with Crippen molar-refractivity contribution < 1.29 is 23.0 Å². The maximum absolute atomic E-state index is 12.6. The molecule has 0 N–H and O–H groups in total. The molecule has 180 valence electrons. The molecule has 33 heavy (non-hydrogen) atoms. The van der Waals surface area contributed by atoms with Crippen molar-refractivity contribution in [2.24, 2.45) is 11.8 Å². The maximum atomic E-state index is 12.6. The topological polar surface area (TPSA) is 35.5 Å². The second-order valence-corrected chi connectivity index (χ2v) is 9.12. The molecule has 0 aromatic heterocycles. The van der Waals surface area contributed by atoms with Crippen LogP contribution in [0.4, 0.5) is 8.78 Å². The highest BCUT2D eigenvalue weighted by molar-refractivity contribution is 5.75. The molecule has 2 aromatic carbocycles. The fraction of sp³-hybridized carbons (Fsp3) is 0.536. The molecule has 1 fully saturated rings. The molecule has 0 atom stereocenters. The van der Waals surface area contributed by atoms with Gasteiger partial charge < -0.3 is 9.47 Å². The first-order valence-corrected chi connectivity index (χ1v) is 12.4. The van der Waals surface area contributed by atoms with Crippen molar-refractivity contribution in [1.29, 1.82) is 0 Å². The lowest BCUT2D eigenvalue weighted by atomic mass is 9.80. The molecule has 0 heterocycles. The third-order valence-electron chi connectivity index (χ3n) is 6.63. The minimum atomic E-state index is -2.83. The number of rotatable bonds is 12. The van der Waals surface area contributed by atoms with E-state index >= 15 is 0 Å². The van der Waals surface area contributed by atoms with Crippen LogP contribution < -0.4 is 9.47 Å². The van der Waals surface area contributed by atoms with Gasteiger partial charge in [0.2, 0.25) is 0 Å². The molecule has 1 aliphatic carbocycles. The van der Waals surface area contributed by atoms with E-state index in [4.69, 9.17) is 4.74 Å². The van der Waals surface area contributed by atoms with Crippen molar-refractivity contribution in [2.45, 2.75) is 84.2 Å². The summed E-state index contributed by atoms with van der Waals surface area (Å²) in [7, 11) is 0. The molecule has 0 aliphatic heterocycles. The molecule has 1 aliphatic rings. The van der Waals surface area contributed by atoms with E-state index in [0.29, 0.717) is 5.75 Å². The second kappa shape index (κ2) is 13.3. The number of unbranched alkanes of at least 4 members (excludes halogenated alkanes) is 5. The van der Waals surface area contributed by atoms with Gasteiger partial charge in [-0.3, -0.25) is 4.79 Å². The van der Waals surface area contributed by atoms with Crippen LogP contribution in [0.15, 0.2) is 48.5 Å². The molecule has 3 nitrogen and oxygen atoms in total. The minimum absolute atomic E-state index is 0.00661. The summed E-state index contributed by atoms with van der Waals surface area (Å²) in [5.41, 5.74) is 1.78. The molecule has 3 rings (SSSR count). The summed E-state index contributed by atoms with van der Waals surface area (Å²) < 4.78 is 34.6. The van der Waals surface area contributed by atoms with E-state index < -0.39 is 6.61 Å². The Bertz CT molecular complexity index is 825. The normalized spacial score (nSPS) is 18.3. The first-order valence-electron chi connectivity index (χ1n) is 12.4. The Kier molecular flexibility index (Phi) is 10.2. The van der Waals surface area contributed by atoms with Gasteiger partial charge in [-0.1, -0.05) is 76.1 Å². The van der Waals surface area contributed by atoms with E-state index in [1.54, 1.807) is 24.3 Å². The van der Waals surface area contributed by atoms with E-state index in [9.17, 15) is 13.6 Å². The molecule has 0 radical (unpaired) electrons. The maximum Gasteiger partial charge on any atom is 0.387 e. The average Bonchev–Trinajstić information content (AvgIpc) is 2.82. The number of hydrogen-bond acceptors (Lipinski definition) is 3. The molecule has 1 saturated carbocycles. The van der Waals surface area contributed by atoms with E-state index in [0.717, 1.165) is 42.7 Å². The van der Waals surface area contributed by atoms with Gasteiger partial charge in [0.15, 0.2) is 0 Å². The summed E-state index contributed by atoms with van der Waals surface area (Å²) in [6.07, 6.45) is 13.4. The number of halogens is 2. The van der Waals surface area contributed by atoms with Crippen LogP contribution in [0.1, 0.15) is 77.6 Å². The summed E-state index contributed by atoms with van der Waals surface area (Å²) >= 11 is 0. The first kappa shape index (κ1) is 25.2. The Labute approximate surface area is 196 Å². The highest BCUT2D eigenvalue weighted by Crippen LogP contribution is 2.33. The van der Waals surface area contributed by atoms with Crippen LogP contribution in [0, 0.1) is 11.8 Å². The quantitative estimate of drug-likeness (QED) is 0.182. The minimum Gasteiger partial charge on any atom is -0.435 e. The predicted molar refractivity (Wildman–Crippen MR) is 128 cm³/mol. The Morgan fingerprint density at radius 3 is 1.94 bits per heavy atom. The zero-order valence-electron chi connectivity index (χ0n) is 19.6. The summed E-state index contributed by atoms with van der Waals surface area (Å²) in [5, 5.41) is 0. The fourth-order valence-electron chi connectivity index (χ4n) is 4.64. The van der Waals surface area contributed by atoms with Gasteiger partial charge in [-0.2, -0.15) is 8.78 Å². The van der Waals surface area contributed by atoms with Crippen molar-refractivity contribution in [2.75, 3.05) is 0 Å². The highest BCUT2D eigenvalue weighted by atomic mass is 19.3. The van der Waals surface area contributed by atoms with Gasteiger partial charge in [0.05, 0.1) is 5.92 Å². The molecule has 0 unspecified atom stereocenters. The molecular formula is C28H36F2O3. The van der Waals surface area contributed by atoms with Gasteiger partial charge in [0.1, 0.15) is 11.5 Å². The Hall–Kier alpha value is -2.43. The van der Waals surface area contributed by atoms with E-state index in [2.05, 4.69) is 11.7 Å². The predicted octanol–water partition coefficient (Wildman–Crippen LogP) is 8.42. The van der Waals surface area contributed by atoms with Crippen molar-refractivity contribution in [3.8, 4) is 22.6 Å². The van der Waals surface area contributed by atoms with Crippen LogP contribution in [0.2, 0.25) is 0 Å². The van der Waals surface area contributed by atoms with Gasteiger partial charge in [-0.25, -0.2) is 0 Å². The summed E-state index contributed by atoms with van der Waals surface area (Å²) in [4.78, 5) is 12.6. The van der Waals surface area contributed by atoms with Crippen LogP contribution >= 0.6 is 0 Å². The summed E-state index contributed by atoms with van der Waals surface area (Å²) in [6.45, 7) is -0.586. The largest absolute Gasteiger partial charge is 0.435 e. The second-order valence-electron chi connectivity index (χ2n) is 9.12. The third-order valence-corrected chi connectivity index (χ3v) is 6.63.